The van der Waals surface area contributed by atoms with Crippen molar-refractivity contribution in [2.45, 2.75) is 51.5 Å². The Kier molecular flexibility index (Phi) is 8.19. The highest BCUT2D eigenvalue weighted by atomic mass is 127. The Bertz CT molecular complexity index is 693. The third-order valence-electron chi connectivity index (χ3n) is 5.57. The van der Waals surface area contributed by atoms with Crippen LogP contribution >= 0.6 is 24.0 Å². The lowest BCUT2D eigenvalue weighted by Crippen LogP contribution is -2.47. The van der Waals surface area contributed by atoms with Gasteiger partial charge in [0.05, 0.1) is 0 Å². The Morgan fingerprint density at radius 1 is 1.33 bits per heavy atom. The molecule has 2 aliphatic rings. The van der Waals surface area contributed by atoms with Crippen molar-refractivity contribution in [3.63, 3.8) is 0 Å². The second-order valence-corrected chi connectivity index (χ2v) is 7.43. The minimum Gasteiger partial charge on any atom is -0.508 e. The Morgan fingerprint density at radius 3 is 2.85 bits per heavy atom. The van der Waals surface area contributed by atoms with Gasteiger partial charge in [0.2, 0.25) is 5.91 Å². The van der Waals surface area contributed by atoms with E-state index >= 15 is 0 Å². The summed E-state index contributed by atoms with van der Waals surface area (Å²) in [7, 11) is 1.78. The van der Waals surface area contributed by atoms with Crippen molar-refractivity contribution < 1.29 is 9.90 Å². The highest BCUT2D eigenvalue weighted by Gasteiger charge is 2.24. The van der Waals surface area contributed by atoms with Crippen molar-refractivity contribution in [1.29, 1.82) is 0 Å². The fourth-order valence-corrected chi connectivity index (χ4v) is 4.30. The number of likely N-dealkylation sites (tertiary alicyclic amines) is 1. The van der Waals surface area contributed by atoms with Crippen molar-refractivity contribution in [1.82, 2.24) is 10.2 Å². The monoisotopic (exact) mass is 486 g/mol. The maximum atomic E-state index is 11.2. The highest BCUT2D eigenvalue weighted by molar-refractivity contribution is 14.0. The first kappa shape index (κ1) is 21.8. The molecule has 1 saturated heterocycles. The maximum absolute atomic E-state index is 11.2. The SMILES string of the molecule is CN=C(NCc1c(O)ccc2c1CCCC2)N1CCCC(CC(N)=O)C1.I. The molecule has 1 aromatic carbocycles. The number of primary amides is 1. The number of phenolic OH excluding ortho intramolecular Hbond substituents is 1. The number of benzene rings is 1. The number of nitrogens with one attached hydrogen (secondary N) is 1. The molecule has 0 saturated carbocycles. The summed E-state index contributed by atoms with van der Waals surface area (Å²) < 4.78 is 0. The number of aromatic hydroxyl groups is 1. The van der Waals surface area contributed by atoms with Crippen LogP contribution in [0.4, 0.5) is 0 Å². The number of fused-ring (bicyclic) bond motifs is 1. The van der Waals surface area contributed by atoms with Gasteiger partial charge in [0.15, 0.2) is 5.96 Å². The van der Waals surface area contributed by atoms with Gasteiger partial charge in [-0.25, -0.2) is 0 Å². The third-order valence-corrected chi connectivity index (χ3v) is 5.57. The zero-order valence-corrected chi connectivity index (χ0v) is 18.4. The van der Waals surface area contributed by atoms with Crippen LogP contribution in [0.2, 0.25) is 0 Å². The molecule has 27 heavy (non-hydrogen) atoms. The Hall–Kier alpha value is -1.51. The summed E-state index contributed by atoms with van der Waals surface area (Å²) in [5.41, 5.74) is 9.01. The van der Waals surface area contributed by atoms with Gasteiger partial charge >= 0.3 is 0 Å². The van der Waals surface area contributed by atoms with E-state index in [-0.39, 0.29) is 35.8 Å². The minimum absolute atomic E-state index is 0. The van der Waals surface area contributed by atoms with Gasteiger partial charge in [0.25, 0.3) is 0 Å². The summed E-state index contributed by atoms with van der Waals surface area (Å²) in [6.45, 7) is 2.29. The predicted molar refractivity (Wildman–Crippen MR) is 118 cm³/mol. The topological polar surface area (TPSA) is 91.0 Å². The van der Waals surface area contributed by atoms with E-state index in [4.69, 9.17) is 5.73 Å². The summed E-state index contributed by atoms with van der Waals surface area (Å²) in [5, 5.41) is 13.8. The Balaban J connectivity index is 0.00000261. The molecular weight excluding hydrogens is 455 g/mol. The predicted octanol–water partition coefficient (Wildman–Crippen LogP) is 2.55. The number of aliphatic imine (C=N–C) groups is 1. The largest absolute Gasteiger partial charge is 0.508 e. The number of aryl methyl sites for hydroxylation is 1. The van der Waals surface area contributed by atoms with Crippen LogP contribution in [0.15, 0.2) is 17.1 Å². The molecule has 1 unspecified atom stereocenters. The standard InChI is InChI=1S/C20H30N4O2.HI/c1-22-20(24-10-4-5-14(13-24)11-19(21)26)23-12-17-16-7-3-2-6-15(16)8-9-18(17)25;/h8-9,14,25H,2-7,10-13H2,1H3,(H2,21,26)(H,22,23);1H. The normalized spacial score (nSPS) is 19.8. The van der Waals surface area contributed by atoms with Crippen molar-refractivity contribution in [3.05, 3.63) is 28.8 Å². The highest BCUT2D eigenvalue weighted by Crippen LogP contribution is 2.30. The van der Waals surface area contributed by atoms with Crippen LogP contribution in [0.3, 0.4) is 0 Å². The molecule has 0 spiro atoms. The van der Waals surface area contributed by atoms with E-state index in [0.717, 1.165) is 50.3 Å². The molecule has 0 bridgehead atoms. The lowest BCUT2D eigenvalue weighted by Gasteiger charge is -2.34. The second-order valence-electron chi connectivity index (χ2n) is 7.43. The fraction of sp³-hybridized carbons (Fsp3) is 0.600. The summed E-state index contributed by atoms with van der Waals surface area (Å²) >= 11 is 0. The summed E-state index contributed by atoms with van der Waals surface area (Å²) in [6.07, 6.45) is 7.02. The van der Waals surface area contributed by atoms with E-state index in [1.165, 1.54) is 24.0 Å². The van der Waals surface area contributed by atoms with Crippen LogP contribution in [-0.4, -0.2) is 42.0 Å². The summed E-state index contributed by atoms with van der Waals surface area (Å²) in [4.78, 5) is 17.8. The number of carbonyl (C=O) groups is 1. The third kappa shape index (κ3) is 5.49. The number of guanidine groups is 1. The number of halogens is 1. The molecule has 7 heteroatoms. The zero-order chi connectivity index (χ0) is 18.5. The quantitative estimate of drug-likeness (QED) is 0.347. The van der Waals surface area contributed by atoms with Gasteiger partial charge in [-0.1, -0.05) is 6.07 Å². The Labute approximate surface area is 178 Å². The number of hydrogen-bond donors (Lipinski definition) is 3. The molecule has 0 aromatic heterocycles. The Morgan fingerprint density at radius 2 is 2.11 bits per heavy atom. The number of nitrogens with zero attached hydrogens (tertiary/aromatic N) is 2. The van der Waals surface area contributed by atoms with Gasteiger partial charge in [-0.05, 0) is 61.6 Å². The van der Waals surface area contributed by atoms with E-state index in [1.807, 2.05) is 6.07 Å². The molecule has 4 N–H and O–H groups in total. The number of nitrogens with two attached hydrogens (primary N) is 1. The molecule has 3 rings (SSSR count). The molecule has 1 amide bonds. The molecule has 1 aliphatic carbocycles. The van der Waals surface area contributed by atoms with E-state index in [2.05, 4.69) is 21.3 Å². The lowest BCUT2D eigenvalue weighted by molar-refractivity contribution is -0.119. The first-order valence-electron chi connectivity index (χ1n) is 9.65. The molecule has 0 radical (unpaired) electrons. The fourth-order valence-electron chi connectivity index (χ4n) is 4.30. The van der Waals surface area contributed by atoms with Gasteiger partial charge < -0.3 is 21.1 Å². The minimum atomic E-state index is -0.236. The van der Waals surface area contributed by atoms with Gasteiger partial charge in [0, 0.05) is 38.7 Å². The van der Waals surface area contributed by atoms with E-state index < -0.39 is 0 Å². The first-order chi connectivity index (χ1) is 12.6. The van der Waals surface area contributed by atoms with Crippen molar-refractivity contribution in [3.8, 4) is 5.75 Å². The van der Waals surface area contributed by atoms with Crippen molar-refractivity contribution in [2.75, 3.05) is 20.1 Å². The van der Waals surface area contributed by atoms with Gasteiger partial charge in [0.1, 0.15) is 5.75 Å². The number of rotatable bonds is 4. The average molecular weight is 486 g/mol. The van der Waals surface area contributed by atoms with Crippen LogP contribution in [-0.2, 0) is 24.2 Å². The first-order valence-corrected chi connectivity index (χ1v) is 9.65. The number of hydrogen-bond acceptors (Lipinski definition) is 3. The van der Waals surface area contributed by atoms with Crippen LogP contribution in [0.1, 0.15) is 48.8 Å². The van der Waals surface area contributed by atoms with E-state index in [0.29, 0.717) is 18.7 Å². The molecule has 150 valence electrons. The summed E-state index contributed by atoms with van der Waals surface area (Å²) in [5.74, 6) is 1.24. The van der Waals surface area contributed by atoms with E-state index in [1.54, 1.807) is 7.05 Å². The van der Waals surface area contributed by atoms with Crippen molar-refractivity contribution in [2.24, 2.45) is 16.6 Å². The maximum Gasteiger partial charge on any atom is 0.217 e. The molecular formula is C20H31IN4O2. The molecule has 1 fully saturated rings. The lowest BCUT2D eigenvalue weighted by atomic mass is 9.88. The number of carbonyl (C=O) groups excluding carboxylic acids is 1. The molecule has 1 aliphatic heterocycles. The molecule has 6 nitrogen and oxygen atoms in total. The molecule has 1 aromatic rings. The zero-order valence-electron chi connectivity index (χ0n) is 16.0. The molecule has 1 atom stereocenters. The van der Waals surface area contributed by atoms with Crippen LogP contribution in [0, 0.1) is 5.92 Å². The second kappa shape index (κ2) is 10.1. The van der Waals surface area contributed by atoms with Crippen molar-refractivity contribution >= 4 is 35.8 Å². The molecule has 1 heterocycles. The van der Waals surface area contributed by atoms with E-state index in [9.17, 15) is 9.90 Å². The van der Waals surface area contributed by atoms with Crippen LogP contribution in [0.5, 0.6) is 5.75 Å². The van der Waals surface area contributed by atoms with Crippen LogP contribution < -0.4 is 11.1 Å². The van der Waals surface area contributed by atoms with Gasteiger partial charge in [-0.3, -0.25) is 9.79 Å². The van der Waals surface area contributed by atoms with Gasteiger partial charge in [-0.15, -0.1) is 24.0 Å². The van der Waals surface area contributed by atoms with Crippen LogP contribution in [0.25, 0.3) is 0 Å². The number of amides is 1. The smallest absolute Gasteiger partial charge is 0.217 e. The number of piperidine rings is 1. The van der Waals surface area contributed by atoms with Gasteiger partial charge in [-0.2, -0.15) is 0 Å². The summed E-state index contributed by atoms with van der Waals surface area (Å²) in [6, 6.07) is 3.87. The average Bonchev–Trinajstić information content (AvgIpc) is 2.63. The number of phenols is 1.